The van der Waals surface area contributed by atoms with Crippen LogP contribution >= 0.6 is 0 Å². The molecule has 1 amide bonds. The van der Waals surface area contributed by atoms with E-state index in [1.807, 2.05) is 0 Å². The Bertz CT molecular complexity index is 775. The predicted octanol–water partition coefficient (Wildman–Crippen LogP) is 3.30. The number of ether oxygens (including phenoxy) is 1. The molecule has 25 heavy (non-hydrogen) atoms. The molecule has 1 saturated carbocycles. The first-order chi connectivity index (χ1) is 12.0. The van der Waals surface area contributed by atoms with Crippen LogP contribution in [0.5, 0.6) is 5.75 Å². The van der Waals surface area contributed by atoms with E-state index in [0.29, 0.717) is 11.3 Å². The lowest BCUT2D eigenvalue weighted by Gasteiger charge is -2.23. The van der Waals surface area contributed by atoms with Crippen molar-refractivity contribution in [3.63, 3.8) is 0 Å². The number of rotatable bonds is 7. The second-order valence-electron chi connectivity index (χ2n) is 5.88. The highest BCUT2D eigenvalue weighted by atomic mass is 19.1. The molecule has 3 rings (SSSR count). The summed E-state index contributed by atoms with van der Waals surface area (Å²) in [6, 6.07) is 12.0. The van der Waals surface area contributed by atoms with Gasteiger partial charge < -0.3 is 9.64 Å². The van der Waals surface area contributed by atoms with E-state index >= 15 is 0 Å². The maximum atomic E-state index is 13.8. The van der Waals surface area contributed by atoms with Crippen molar-refractivity contribution in [1.82, 2.24) is 4.90 Å². The number of carbonyl (C=O) groups is 1. The molecule has 6 nitrogen and oxygen atoms in total. The zero-order chi connectivity index (χ0) is 17.8. The summed E-state index contributed by atoms with van der Waals surface area (Å²) in [7, 11) is 0. The molecule has 0 aliphatic heterocycles. The van der Waals surface area contributed by atoms with Crippen LogP contribution in [0.1, 0.15) is 18.4 Å². The second-order valence-corrected chi connectivity index (χ2v) is 5.88. The van der Waals surface area contributed by atoms with Crippen molar-refractivity contribution in [3.05, 3.63) is 70.0 Å². The van der Waals surface area contributed by atoms with Crippen LogP contribution in [0.3, 0.4) is 0 Å². The Hall–Kier alpha value is -2.96. The zero-order valence-corrected chi connectivity index (χ0v) is 13.4. The van der Waals surface area contributed by atoms with E-state index in [9.17, 15) is 19.3 Å². The SMILES string of the molecule is O=C(COc1ccc([N+](=O)[O-])cc1)N(Cc1ccccc1F)C1CC1. The van der Waals surface area contributed by atoms with Gasteiger partial charge in [-0.3, -0.25) is 14.9 Å². The van der Waals surface area contributed by atoms with Gasteiger partial charge in [0.05, 0.1) is 4.92 Å². The van der Waals surface area contributed by atoms with Gasteiger partial charge in [-0.25, -0.2) is 4.39 Å². The summed E-state index contributed by atoms with van der Waals surface area (Å²) < 4.78 is 19.2. The van der Waals surface area contributed by atoms with Crippen molar-refractivity contribution >= 4 is 11.6 Å². The number of hydrogen-bond donors (Lipinski definition) is 0. The van der Waals surface area contributed by atoms with Crippen LogP contribution < -0.4 is 4.74 Å². The first-order valence-corrected chi connectivity index (χ1v) is 7.95. The normalized spacial score (nSPS) is 13.3. The number of nitro groups is 1. The molecule has 1 aliphatic rings. The van der Waals surface area contributed by atoms with E-state index in [1.54, 1.807) is 23.1 Å². The number of carbonyl (C=O) groups excluding carboxylic acids is 1. The first kappa shape index (κ1) is 16.9. The summed E-state index contributed by atoms with van der Waals surface area (Å²) in [5.41, 5.74) is 0.427. The molecule has 0 radical (unpaired) electrons. The van der Waals surface area contributed by atoms with Crippen molar-refractivity contribution in [2.75, 3.05) is 6.61 Å². The van der Waals surface area contributed by atoms with Gasteiger partial charge in [-0.15, -0.1) is 0 Å². The number of benzene rings is 2. The number of non-ortho nitro benzene ring substituents is 1. The molecule has 1 aliphatic carbocycles. The smallest absolute Gasteiger partial charge is 0.269 e. The summed E-state index contributed by atoms with van der Waals surface area (Å²) in [5, 5.41) is 10.6. The highest BCUT2D eigenvalue weighted by molar-refractivity contribution is 5.78. The van der Waals surface area contributed by atoms with Gasteiger partial charge in [-0.05, 0) is 31.0 Å². The minimum Gasteiger partial charge on any atom is -0.484 e. The number of nitro benzene ring substituents is 1. The third-order valence-electron chi connectivity index (χ3n) is 4.02. The van der Waals surface area contributed by atoms with Crippen molar-refractivity contribution in [2.45, 2.75) is 25.4 Å². The van der Waals surface area contributed by atoms with Crippen LogP contribution in [0.2, 0.25) is 0 Å². The Labute approximate surface area is 144 Å². The minimum absolute atomic E-state index is 0.0437. The molecule has 0 unspecified atom stereocenters. The Kier molecular flexibility index (Phi) is 4.92. The van der Waals surface area contributed by atoms with Gasteiger partial charge in [0, 0.05) is 30.3 Å². The lowest BCUT2D eigenvalue weighted by Crippen LogP contribution is -2.36. The average Bonchev–Trinajstić information content (AvgIpc) is 3.44. The van der Waals surface area contributed by atoms with Gasteiger partial charge in [0.25, 0.3) is 11.6 Å². The molecule has 0 atom stereocenters. The van der Waals surface area contributed by atoms with Crippen molar-refractivity contribution in [3.8, 4) is 5.75 Å². The maximum Gasteiger partial charge on any atom is 0.269 e. The highest BCUT2D eigenvalue weighted by Crippen LogP contribution is 2.29. The molecular formula is C18H17FN2O4. The monoisotopic (exact) mass is 344 g/mol. The van der Waals surface area contributed by atoms with E-state index in [1.165, 1.54) is 30.3 Å². The molecule has 0 aromatic heterocycles. The Morgan fingerprint density at radius 1 is 1.20 bits per heavy atom. The van der Waals surface area contributed by atoms with Gasteiger partial charge in [-0.2, -0.15) is 0 Å². The predicted molar refractivity (Wildman–Crippen MR) is 88.6 cm³/mol. The minimum atomic E-state index is -0.502. The molecule has 0 heterocycles. The van der Waals surface area contributed by atoms with Crippen molar-refractivity contribution in [2.24, 2.45) is 0 Å². The number of hydrogen-bond acceptors (Lipinski definition) is 4. The van der Waals surface area contributed by atoms with Gasteiger partial charge >= 0.3 is 0 Å². The van der Waals surface area contributed by atoms with Crippen LogP contribution in [0.25, 0.3) is 0 Å². The highest BCUT2D eigenvalue weighted by Gasteiger charge is 2.33. The van der Waals surface area contributed by atoms with E-state index in [0.717, 1.165) is 12.8 Å². The van der Waals surface area contributed by atoms with Gasteiger partial charge in [0.15, 0.2) is 6.61 Å². The number of amides is 1. The van der Waals surface area contributed by atoms with Crippen LogP contribution in [-0.2, 0) is 11.3 Å². The van der Waals surface area contributed by atoms with Crippen molar-refractivity contribution in [1.29, 1.82) is 0 Å². The Balaban J connectivity index is 1.61. The van der Waals surface area contributed by atoms with E-state index < -0.39 is 4.92 Å². The molecule has 0 bridgehead atoms. The molecule has 2 aromatic rings. The molecule has 0 N–H and O–H groups in total. The van der Waals surface area contributed by atoms with E-state index in [4.69, 9.17) is 4.74 Å². The summed E-state index contributed by atoms with van der Waals surface area (Å²) in [5.74, 6) is -0.193. The number of halogens is 1. The standard InChI is InChI=1S/C18H17FN2O4/c19-17-4-2-1-3-13(17)11-20(14-5-6-14)18(22)12-25-16-9-7-15(8-10-16)21(23)24/h1-4,7-10,14H,5-6,11-12H2. The third-order valence-corrected chi connectivity index (χ3v) is 4.02. The molecule has 2 aromatic carbocycles. The largest absolute Gasteiger partial charge is 0.484 e. The molecular weight excluding hydrogens is 327 g/mol. The molecule has 7 heteroatoms. The lowest BCUT2D eigenvalue weighted by molar-refractivity contribution is -0.384. The third kappa shape index (κ3) is 4.32. The van der Waals surface area contributed by atoms with Crippen LogP contribution in [0, 0.1) is 15.9 Å². The fraction of sp³-hybridized carbons (Fsp3) is 0.278. The molecule has 0 spiro atoms. The van der Waals surface area contributed by atoms with Crippen molar-refractivity contribution < 1.29 is 18.8 Å². The van der Waals surface area contributed by atoms with Crippen LogP contribution in [0.15, 0.2) is 48.5 Å². The van der Waals surface area contributed by atoms with E-state index in [2.05, 4.69) is 0 Å². The van der Waals surface area contributed by atoms with Gasteiger partial charge in [0.2, 0.25) is 0 Å². The van der Waals surface area contributed by atoms with Crippen LogP contribution in [0.4, 0.5) is 10.1 Å². The zero-order valence-electron chi connectivity index (χ0n) is 13.4. The van der Waals surface area contributed by atoms with Gasteiger partial charge in [0.1, 0.15) is 11.6 Å². The maximum absolute atomic E-state index is 13.8. The summed E-state index contributed by atoms with van der Waals surface area (Å²) in [4.78, 5) is 24.2. The number of nitrogens with zero attached hydrogens (tertiary/aromatic N) is 2. The molecule has 1 fully saturated rings. The van der Waals surface area contributed by atoms with Crippen LogP contribution in [-0.4, -0.2) is 28.4 Å². The van der Waals surface area contributed by atoms with E-state index in [-0.39, 0.29) is 36.6 Å². The summed E-state index contributed by atoms with van der Waals surface area (Å²) >= 11 is 0. The summed E-state index contributed by atoms with van der Waals surface area (Å²) in [6.07, 6.45) is 1.80. The van der Waals surface area contributed by atoms with Gasteiger partial charge in [-0.1, -0.05) is 18.2 Å². The second kappa shape index (κ2) is 7.29. The topological polar surface area (TPSA) is 72.7 Å². The lowest BCUT2D eigenvalue weighted by atomic mass is 10.2. The quantitative estimate of drug-likeness (QED) is 0.571. The Morgan fingerprint density at radius 3 is 2.48 bits per heavy atom. The fourth-order valence-corrected chi connectivity index (χ4v) is 2.51. The Morgan fingerprint density at radius 2 is 1.88 bits per heavy atom. The molecule has 0 saturated heterocycles. The molecule has 130 valence electrons. The first-order valence-electron chi connectivity index (χ1n) is 7.95. The average molecular weight is 344 g/mol. The summed E-state index contributed by atoms with van der Waals surface area (Å²) in [6.45, 7) is 0.0164. The fourth-order valence-electron chi connectivity index (χ4n) is 2.51.